The molecule has 0 rings (SSSR count). The molecule has 0 aromatic heterocycles. The number of hydrogen-bond acceptors (Lipinski definition) is 2. The monoisotopic (exact) mass is 206 g/mol. The van der Waals surface area contributed by atoms with E-state index in [-0.39, 0.29) is 11.2 Å². The number of nitrogens with one attached hydrogen (secondary N) is 2. The molecule has 0 unspecified atom stereocenters. The Morgan fingerprint density at radius 1 is 1.50 bits per heavy atom. The van der Waals surface area contributed by atoms with E-state index in [4.69, 9.17) is 0 Å². The van der Waals surface area contributed by atoms with Crippen LogP contribution in [0.1, 0.15) is 0 Å². The third-order valence-corrected chi connectivity index (χ3v) is 1.14. The van der Waals surface area contributed by atoms with Gasteiger partial charge in [0, 0.05) is 0 Å². The first-order valence-electron chi connectivity index (χ1n) is 2.48. The highest BCUT2D eigenvalue weighted by atomic mass is 79.9. The van der Waals surface area contributed by atoms with Crippen LogP contribution in [0, 0.1) is 0 Å². The molecule has 2 N–H and O–H groups in total. The summed E-state index contributed by atoms with van der Waals surface area (Å²) in [5.74, 6) is -0.746. The third-order valence-electron chi connectivity index (χ3n) is 0.632. The molecule has 0 atom stereocenters. The SMILES string of the molecule is C=CC(=O)NNC(=O)CBr. The summed E-state index contributed by atoms with van der Waals surface area (Å²) in [6.07, 6.45) is 1.06. The predicted octanol–water partition coefficient (Wildman–Crippen LogP) is -0.285. The molecular weight excluding hydrogens is 200 g/mol. The van der Waals surface area contributed by atoms with Crippen molar-refractivity contribution in [2.24, 2.45) is 0 Å². The van der Waals surface area contributed by atoms with Gasteiger partial charge >= 0.3 is 0 Å². The summed E-state index contributed by atoms with van der Waals surface area (Å²) in [6.45, 7) is 3.19. The highest BCUT2D eigenvalue weighted by molar-refractivity contribution is 9.09. The van der Waals surface area contributed by atoms with Crippen LogP contribution in [0.2, 0.25) is 0 Å². The van der Waals surface area contributed by atoms with Crippen molar-refractivity contribution in [1.82, 2.24) is 10.9 Å². The second kappa shape index (κ2) is 4.99. The van der Waals surface area contributed by atoms with E-state index in [0.29, 0.717) is 0 Å². The van der Waals surface area contributed by atoms with E-state index in [9.17, 15) is 9.59 Å². The van der Waals surface area contributed by atoms with Crippen molar-refractivity contribution >= 4 is 27.7 Å². The van der Waals surface area contributed by atoms with Crippen molar-refractivity contribution in [2.45, 2.75) is 0 Å². The molecule has 0 spiro atoms. The summed E-state index contributed by atoms with van der Waals surface area (Å²) in [5, 5.41) is 0.157. The van der Waals surface area contributed by atoms with Crippen LogP contribution >= 0.6 is 15.9 Å². The number of carbonyl (C=O) groups is 2. The zero-order valence-electron chi connectivity index (χ0n) is 5.19. The van der Waals surface area contributed by atoms with Gasteiger partial charge < -0.3 is 0 Å². The lowest BCUT2D eigenvalue weighted by Gasteiger charge is -2.00. The quantitative estimate of drug-likeness (QED) is 0.371. The summed E-state index contributed by atoms with van der Waals surface area (Å²) < 4.78 is 0. The molecule has 0 aliphatic rings. The minimum absolute atomic E-state index is 0.157. The molecule has 56 valence electrons. The van der Waals surface area contributed by atoms with E-state index in [1.807, 2.05) is 0 Å². The van der Waals surface area contributed by atoms with Gasteiger partial charge in [0.15, 0.2) is 0 Å². The molecule has 0 saturated heterocycles. The smallest absolute Gasteiger partial charge is 0.261 e. The minimum Gasteiger partial charge on any atom is -0.272 e. The number of rotatable bonds is 2. The van der Waals surface area contributed by atoms with Gasteiger partial charge in [-0.05, 0) is 6.08 Å². The van der Waals surface area contributed by atoms with E-state index in [1.165, 1.54) is 0 Å². The van der Waals surface area contributed by atoms with Gasteiger partial charge in [0.05, 0.1) is 5.33 Å². The van der Waals surface area contributed by atoms with Crippen molar-refractivity contribution in [2.75, 3.05) is 5.33 Å². The number of halogens is 1. The van der Waals surface area contributed by atoms with Crippen LogP contribution in [-0.4, -0.2) is 17.1 Å². The standard InChI is InChI=1S/C5H7BrN2O2/c1-2-4(9)7-8-5(10)3-6/h2H,1,3H2,(H,7,9)(H,8,10). The molecule has 0 aromatic rings. The number of hydrazine groups is 1. The van der Waals surface area contributed by atoms with Crippen molar-refractivity contribution in [3.05, 3.63) is 12.7 Å². The topological polar surface area (TPSA) is 58.2 Å². The molecule has 0 saturated carbocycles. The Morgan fingerprint density at radius 2 is 2.10 bits per heavy atom. The first kappa shape index (κ1) is 9.16. The molecule has 2 amide bonds. The highest BCUT2D eigenvalue weighted by Crippen LogP contribution is 1.75. The molecular formula is C5H7BrN2O2. The van der Waals surface area contributed by atoms with Gasteiger partial charge in [-0.15, -0.1) is 0 Å². The van der Waals surface area contributed by atoms with Crippen LogP contribution in [0.3, 0.4) is 0 Å². The van der Waals surface area contributed by atoms with Crippen LogP contribution in [0.15, 0.2) is 12.7 Å². The summed E-state index contributed by atoms with van der Waals surface area (Å²) >= 11 is 2.90. The molecule has 0 heterocycles. The van der Waals surface area contributed by atoms with E-state index in [2.05, 4.69) is 33.4 Å². The zero-order valence-corrected chi connectivity index (χ0v) is 6.77. The van der Waals surface area contributed by atoms with Crippen LogP contribution in [0.4, 0.5) is 0 Å². The maximum Gasteiger partial charge on any atom is 0.261 e. The fourth-order valence-corrected chi connectivity index (χ4v) is 0.356. The van der Waals surface area contributed by atoms with Crippen LogP contribution in [0.5, 0.6) is 0 Å². The first-order chi connectivity index (χ1) is 4.70. The Hall–Kier alpha value is -0.840. The molecule has 0 radical (unpaired) electrons. The maximum absolute atomic E-state index is 10.4. The van der Waals surface area contributed by atoms with Crippen LogP contribution in [-0.2, 0) is 9.59 Å². The maximum atomic E-state index is 10.4. The first-order valence-corrected chi connectivity index (χ1v) is 3.60. The number of hydrogen-bond donors (Lipinski definition) is 2. The van der Waals surface area contributed by atoms with E-state index in [0.717, 1.165) is 6.08 Å². The Morgan fingerprint density at radius 3 is 2.50 bits per heavy atom. The number of alkyl halides is 1. The third kappa shape index (κ3) is 4.08. The van der Waals surface area contributed by atoms with Crippen molar-refractivity contribution < 1.29 is 9.59 Å². The van der Waals surface area contributed by atoms with Crippen molar-refractivity contribution in [1.29, 1.82) is 0 Å². The molecule has 0 aromatic carbocycles. The van der Waals surface area contributed by atoms with E-state index < -0.39 is 5.91 Å². The summed E-state index contributed by atoms with van der Waals surface area (Å²) in [5.41, 5.74) is 4.22. The fourth-order valence-electron chi connectivity index (χ4n) is 0.216. The number of amides is 2. The zero-order chi connectivity index (χ0) is 7.98. The van der Waals surface area contributed by atoms with Gasteiger partial charge in [0.1, 0.15) is 0 Å². The average molecular weight is 207 g/mol. The number of carbonyl (C=O) groups excluding carboxylic acids is 2. The highest BCUT2D eigenvalue weighted by Gasteiger charge is 1.96. The summed E-state index contributed by atoms with van der Waals surface area (Å²) in [4.78, 5) is 20.8. The van der Waals surface area contributed by atoms with Gasteiger partial charge in [-0.3, -0.25) is 20.4 Å². The molecule has 5 heteroatoms. The minimum atomic E-state index is -0.436. The summed E-state index contributed by atoms with van der Waals surface area (Å²) in [7, 11) is 0. The lowest BCUT2D eigenvalue weighted by atomic mass is 10.6. The van der Waals surface area contributed by atoms with Gasteiger partial charge in [0.2, 0.25) is 5.91 Å². The van der Waals surface area contributed by atoms with Crippen LogP contribution in [0.25, 0.3) is 0 Å². The second-order valence-electron chi connectivity index (χ2n) is 1.38. The van der Waals surface area contributed by atoms with E-state index in [1.54, 1.807) is 0 Å². The lowest BCUT2D eigenvalue weighted by molar-refractivity contribution is -0.125. The Labute approximate surface area is 66.8 Å². The van der Waals surface area contributed by atoms with Crippen molar-refractivity contribution in [3.63, 3.8) is 0 Å². The Bertz CT molecular complexity index is 158. The van der Waals surface area contributed by atoms with Crippen molar-refractivity contribution in [3.8, 4) is 0 Å². The second-order valence-corrected chi connectivity index (χ2v) is 1.94. The van der Waals surface area contributed by atoms with Gasteiger partial charge in [-0.25, -0.2) is 0 Å². The van der Waals surface area contributed by atoms with Crippen LogP contribution < -0.4 is 10.9 Å². The van der Waals surface area contributed by atoms with E-state index >= 15 is 0 Å². The predicted molar refractivity (Wildman–Crippen MR) is 40.3 cm³/mol. The largest absolute Gasteiger partial charge is 0.272 e. The molecule has 0 bridgehead atoms. The van der Waals surface area contributed by atoms with Gasteiger partial charge in [-0.2, -0.15) is 0 Å². The normalized spacial score (nSPS) is 8.10. The summed E-state index contributed by atoms with van der Waals surface area (Å²) in [6, 6.07) is 0. The molecule has 10 heavy (non-hydrogen) atoms. The Kier molecular flexibility index (Phi) is 4.57. The molecule has 0 fully saturated rings. The van der Waals surface area contributed by atoms with Gasteiger partial charge in [0.25, 0.3) is 5.91 Å². The van der Waals surface area contributed by atoms with Gasteiger partial charge in [-0.1, -0.05) is 22.5 Å². The molecule has 0 aliphatic carbocycles. The molecule has 0 aliphatic heterocycles. The molecule has 4 nitrogen and oxygen atoms in total. The Balaban J connectivity index is 3.44. The average Bonchev–Trinajstić information content (AvgIpc) is 1.99. The fraction of sp³-hybridized carbons (Fsp3) is 0.200. The lowest BCUT2D eigenvalue weighted by Crippen LogP contribution is -2.41.